The summed E-state index contributed by atoms with van der Waals surface area (Å²) in [5.74, 6) is 2.56. The molecule has 1 unspecified atom stereocenters. The predicted octanol–water partition coefficient (Wildman–Crippen LogP) is 4.97. The van der Waals surface area contributed by atoms with Crippen LogP contribution >= 0.6 is 0 Å². The van der Waals surface area contributed by atoms with E-state index in [1.54, 1.807) is 0 Å². The van der Waals surface area contributed by atoms with Gasteiger partial charge >= 0.3 is 0 Å². The molecule has 2 aromatic carbocycles. The van der Waals surface area contributed by atoms with Gasteiger partial charge in [0, 0.05) is 6.42 Å². The molecule has 0 spiro atoms. The fraction of sp³-hybridized carbons (Fsp3) is 0.200. The average Bonchev–Trinajstić information content (AvgIpc) is 2.52. The van der Waals surface area contributed by atoms with E-state index >= 15 is 0 Å². The van der Waals surface area contributed by atoms with Gasteiger partial charge in [-0.15, -0.1) is 0 Å². The summed E-state index contributed by atoms with van der Waals surface area (Å²) in [7, 11) is 0. The summed E-state index contributed by atoms with van der Waals surface area (Å²) in [6.45, 7) is 4.13. The van der Waals surface area contributed by atoms with Crippen LogP contribution in [-0.2, 0) is 0 Å². The molecule has 0 heterocycles. The van der Waals surface area contributed by atoms with Crippen LogP contribution in [0.5, 0.6) is 11.5 Å². The minimum atomic E-state index is 0.00755. The minimum absolute atomic E-state index is 0.00755. The number of benzene rings is 2. The van der Waals surface area contributed by atoms with Gasteiger partial charge in [-0.3, -0.25) is 0 Å². The van der Waals surface area contributed by atoms with Gasteiger partial charge in [-0.25, -0.2) is 0 Å². The molecule has 1 aliphatic carbocycles. The van der Waals surface area contributed by atoms with Crippen molar-refractivity contribution >= 4 is 0 Å². The molecule has 0 bridgehead atoms. The van der Waals surface area contributed by atoms with Crippen molar-refractivity contribution in [2.24, 2.45) is 0 Å². The Morgan fingerprint density at radius 1 is 0.818 bits per heavy atom. The summed E-state index contributed by atoms with van der Waals surface area (Å²) in [5, 5.41) is 0. The van der Waals surface area contributed by atoms with Crippen molar-refractivity contribution in [3.63, 3.8) is 0 Å². The first-order chi connectivity index (χ1) is 10.7. The number of hydrogen-bond donors (Lipinski definition) is 0. The quantitative estimate of drug-likeness (QED) is 0.791. The van der Waals surface area contributed by atoms with Gasteiger partial charge in [0.05, 0.1) is 0 Å². The van der Waals surface area contributed by atoms with Crippen molar-refractivity contribution in [1.29, 1.82) is 0 Å². The maximum absolute atomic E-state index is 5.99. The van der Waals surface area contributed by atoms with Gasteiger partial charge in [0.15, 0.2) is 0 Å². The van der Waals surface area contributed by atoms with Crippen LogP contribution in [-0.4, -0.2) is 6.10 Å². The van der Waals surface area contributed by atoms with E-state index in [2.05, 4.69) is 32.1 Å². The first-order valence-corrected chi connectivity index (χ1v) is 7.55. The number of rotatable bonds is 4. The lowest BCUT2D eigenvalue weighted by molar-refractivity contribution is 0.244. The molecule has 0 aliphatic heterocycles. The summed E-state index contributed by atoms with van der Waals surface area (Å²) in [4.78, 5) is 0. The third-order valence-electron chi connectivity index (χ3n) is 3.57. The second-order valence-corrected chi connectivity index (χ2v) is 5.59. The molecule has 1 aliphatic rings. The molecule has 0 radical (unpaired) electrons. The maximum Gasteiger partial charge on any atom is 0.127 e. The first-order valence-electron chi connectivity index (χ1n) is 7.55. The molecular formula is C20H20O2. The first kappa shape index (κ1) is 14.5. The van der Waals surface area contributed by atoms with Crippen molar-refractivity contribution in [2.75, 3.05) is 0 Å². The summed E-state index contributed by atoms with van der Waals surface area (Å²) in [6.07, 6.45) is 6.97. The smallest absolute Gasteiger partial charge is 0.127 e. The summed E-state index contributed by atoms with van der Waals surface area (Å²) >= 11 is 0. The predicted molar refractivity (Wildman–Crippen MR) is 89.2 cm³/mol. The van der Waals surface area contributed by atoms with Crippen molar-refractivity contribution in [1.82, 2.24) is 0 Å². The average molecular weight is 292 g/mol. The number of hydrogen-bond acceptors (Lipinski definition) is 2. The van der Waals surface area contributed by atoms with Crippen molar-refractivity contribution < 1.29 is 9.47 Å². The maximum atomic E-state index is 5.99. The van der Waals surface area contributed by atoms with E-state index in [9.17, 15) is 0 Å². The molecule has 112 valence electrons. The van der Waals surface area contributed by atoms with Gasteiger partial charge in [-0.05, 0) is 50.3 Å². The Bertz CT molecular complexity index is 679. The highest BCUT2D eigenvalue weighted by Crippen LogP contribution is 2.22. The van der Waals surface area contributed by atoms with Crippen molar-refractivity contribution in [2.45, 2.75) is 26.4 Å². The van der Waals surface area contributed by atoms with Crippen LogP contribution in [0.4, 0.5) is 0 Å². The van der Waals surface area contributed by atoms with E-state index in [1.165, 1.54) is 11.1 Å². The molecule has 1 atom stereocenters. The molecule has 0 saturated heterocycles. The second-order valence-electron chi connectivity index (χ2n) is 5.59. The number of allylic oxidation sites excluding steroid dienone is 1. The Labute approximate surface area is 131 Å². The third kappa shape index (κ3) is 3.79. The van der Waals surface area contributed by atoms with Crippen LogP contribution in [0.25, 0.3) is 0 Å². The van der Waals surface area contributed by atoms with E-state index in [0.717, 1.165) is 23.7 Å². The second kappa shape index (κ2) is 6.52. The van der Waals surface area contributed by atoms with E-state index in [-0.39, 0.29) is 6.10 Å². The summed E-state index contributed by atoms with van der Waals surface area (Å²) < 4.78 is 11.9. The molecule has 2 heteroatoms. The van der Waals surface area contributed by atoms with Gasteiger partial charge in [0.1, 0.15) is 23.4 Å². The van der Waals surface area contributed by atoms with Crippen LogP contribution in [0, 0.1) is 13.8 Å². The fourth-order valence-electron chi connectivity index (χ4n) is 2.31. The number of ether oxygens (including phenoxy) is 2. The van der Waals surface area contributed by atoms with E-state index < -0.39 is 0 Å². The molecule has 0 fully saturated rings. The normalized spacial score (nSPS) is 17.0. The zero-order valence-electron chi connectivity index (χ0n) is 13.0. The van der Waals surface area contributed by atoms with E-state index in [0.29, 0.717) is 0 Å². The Kier molecular flexibility index (Phi) is 4.29. The lowest BCUT2D eigenvalue weighted by Crippen LogP contribution is -2.16. The molecule has 2 nitrogen and oxygen atoms in total. The van der Waals surface area contributed by atoms with Crippen molar-refractivity contribution in [3.05, 3.63) is 83.6 Å². The van der Waals surface area contributed by atoms with Crippen LogP contribution in [0.3, 0.4) is 0 Å². The van der Waals surface area contributed by atoms with Crippen molar-refractivity contribution in [3.8, 4) is 11.5 Å². The van der Waals surface area contributed by atoms with Gasteiger partial charge in [-0.1, -0.05) is 41.5 Å². The lowest BCUT2D eigenvalue weighted by atomic mass is 10.1. The van der Waals surface area contributed by atoms with Crippen LogP contribution < -0.4 is 9.47 Å². The molecule has 22 heavy (non-hydrogen) atoms. The Morgan fingerprint density at radius 2 is 1.41 bits per heavy atom. The van der Waals surface area contributed by atoms with Crippen LogP contribution in [0.1, 0.15) is 17.5 Å². The van der Waals surface area contributed by atoms with E-state index in [4.69, 9.17) is 9.47 Å². The zero-order valence-corrected chi connectivity index (χ0v) is 13.0. The number of aryl methyl sites for hydroxylation is 2. The van der Waals surface area contributed by atoms with Gasteiger partial charge in [-0.2, -0.15) is 0 Å². The van der Waals surface area contributed by atoms with Crippen LogP contribution in [0.15, 0.2) is 72.5 Å². The molecule has 0 saturated carbocycles. The molecule has 0 aromatic heterocycles. The molecule has 2 aromatic rings. The van der Waals surface area contributed by atoms with Crippen LogP contribution in [0.2, 0.25) is 0 Å². The topological polar surface area (TPSA) is 18.5 Å². The minimum Gasteiger partial charge on any atom is -0.486 e. The Morgan fingerprint density at radius 3 is 2.05 bits per heavy atom. The monoisotopic (exact) mass is 292 g/mol. The highest BCUT2D eigenvalue weighted by atomic mass is 16.5. The summed E-state index contributed by atoms with van der Waals surface area (Å²) in [5.41, 5.74) is 2.45. The third-order valence-corrected chi connectivity index (χ3v) is 3.57. The van der Waals surface area contributed by atoms with E-state index in [1.807, 2.05) is 48.6 Å². The largest absolute Gasteiger partial charge is 0.486 e. The molecule has 0 amide bonds. The zero-order chi connectivity index (χ0) is 15.4. The Hall–Kier alpha value is -2.48. The van der Waals surface area contributed by atoms with Gasteiger partial charge in [0.2, 0.25) is 0 Å². The SMILES string of the molecule is Cc1ccc(OC2=CC(Oc3ccc(C)cc3)CC=C2)cc1. The highest BCUT2D eigenvalue weighted by molar-refractivity contribution is 5.32. The highest BCUT2D eigenvalue weighted by Gasteiger charge is 2.12. The standard InChI is InChI=1S/C20H20O2/c1-15-6-10-17(11-7-15)21-19-4-3-5-20(14-19)22-18-12-8-16(2)9-13-18/h3-4,6-14,20H,5H2,1-2H3. The fourth-order valence-corrected chi connectivity index (χ4v) is 2.31. The van der Waals surface area contributed by atoms with Gasteiger partial charge < -0.3 is 9.47 Å². The summed E-state index contributed by atoms with van der Waals surface area (Å²) in [6, 6.07) is 16.2. The molecular weight excluding hydrogens is 272 g/mol. The lowest BCUT2D eigenvalue weighted by Gasteiger charge is -2.19. The Balaban J connectivity index is 1.67. The molecule has 0 N–H and O–H groups in total. The van der Waals surface area contributed by atoms with Gasteiger partial charge in [0.25, 0.3) is 0 Å². The molecule has 3 rings (SSSR count).